The van der Waals surface area contributed by atoms with E-state index in [9.17, 15) is 14.4 Å². The summed E-state index contributed by atoms with van der Waals surface area (Å²) >= 11 is 6.22. The summed E-state index contributed by atoms with van der Waals surface area (Å²) in [7, 11) is 0. The first kappa shape index (κ1) is 34.3. The maximum Gasteiger partial charge on any atom is 0.407 e. The van der Waals surface area contributed by atoms with Crippen LogP contribution in [0, 0.1) is 0 Å². The molecular weight excluding hydrogens is 586 g/mol. The van der Waals surface area contributed by atoms with Crippen LogP contribution in [0.1, 0.15) is 64.7 Å². The number of nitrogens with one attached hydrogen (secondary N) is 3. The molecule has 3 N–H and O–H groups in total. The van der Waals surface area contributed by atoms with Gasteiger partial charge in [-0.25, -0.2) is 9.59 Å². The predicted molar refractivity (Wildman–Crippen MR) is 172 cm³/mol. The van der Waals surface area contributed by atoms with E-state index in [4.69, 9.17) is 30.5 Å². The number of alkyl carbamates (subject to hydrolysis) is 2. The van der Waals surface area contributed by atoms with Crippen LogP contribution in [0.3, 0.4) is 0 Å². The number of carbonyl (C=O) groups excluding carboxylic acids is 3. The van der Waals surface area contributed by atoms with E-state index in [1.165, 1.54) is 0 Å². The highest BCUT2D eigenvalue weighted by molar-refractivity contribution is 6.30. The number of hydrogen-bond donors (Lipinski definition) is 3. The monoisotopic (exact) mass is 627 g/mol. The highest BCUT2D eigenvalue weighted by Gasteiger charge is 2.19. The second-order valence-electron chi connectivity index (χ2n) is 12.1. The number of hydrogen-bond acceptors (Lipinski definition) is 7. The Morgan fingerprint density at radius 3 is 1.77 bits per heavy atom. The lowest BCUT2D eigenvalue weighted by Gasteiger charge is -2.20. The van der Waals surface area contributed by atoms with E-state index in [0.717, 1.165) is 10.8 Å². The number of fused-ring (bicyclic) bond motifs is 1. The lowest BCUT2D eigenvalue weighted by Crippen LogP contribution is -2.33. The molecule has 3 amide bonds. The van der Waals surface area contributed by atoms with Crippen molar-refractivity contribution in [3.63, 3.8) is 0 Å². The molecule has 0 spiro atoms. The van der Waals surface area contributed by atoms with Crippen molar-refractivity contribution >= 4 is 46.2 Å². The summed E-state index contributed by atoms with van der Waals surface area (Å²) in [6, 6.07) is 16.2. The van der Waals surface area contributed by atoms with Crippen LogP contribution in [0.25, 0.3) is 10.8 Å². The third kappa shape index (κ3) is 11.8. The summed E-state index contributed by atoms with van der Waals surface area (Å²) in [5.41, 5.74) is -0.392. The molecule has 3 aromatic carbocycles. The molecule has 0 saturated carbocycles. The Balaban J connectivity index is 1.65. The number of benzene rings is 3. The van der Waals surface area contributed by atoms with Crippen molar-refractivity contribution in [1.82, 2.24) is 10.6 Å². The minimum absolute atomic E-state index is 0.265. The van der Waals surface area contributed by atoms with Gasteiger partial charge >= 0.3 is 12.2 Å². The van der Waals surface area contributed by atoms with Gasteiger partial charge in [-0.05, 0) is 89.4 Å². The van der Waals surface area contributed by atoms with Gasteiger partial charge in [-0.15, -0.1) is 0 Å². The molecular formula is C33H42ClN3O7. The van der Waals surface area contributed by atoms with Crippen molar-refractivity contribution < 1.29 is 33.3 Å². The fourth-order valence-corrected chi connectivity index (χ4v) is 4.10. The number of amides is 3. The smallest absolute Gasteiger partial charge is 0.407 e. The molecule has 0 radical (unpaired) electrons. The summed E-state index contributed by atoms with van der Waals surface area (Å²) < 4.78 is 22.4. The topological polar surface area (TPSA) is 124 Å². The molecule has 10 nitrogen and oxygen atoms in total. The molecule has 44 heavy (non-hydrogen) atoms. The third-order valence-corrected chi connectivity index (χ3v) is 6.01. The van der Waals surface area contributed by atoms with E-state index >= 15 is 0 Å². The number of halogens is 1. The summed E-state index contributed by atoms with van der Waals surface area (Å²) in [5, 5.41) is 10.5. The average molecular weight is 628 g/mol. The Labute approximate surface area is 263 Å². The van der Waals surface area contributed by atoms with Gasteiger partial charge in [0.05, 0.1) is 24.5 Å². The molecule has 0 atom stereocenters. The van der Waals surface area contributed by atoms with Gasteiger partial charge in [0.2, 0.25) is 0 Å². The molecule has 238 valence electrons. The first-order chi connectivity index (χ1) is 20.7. The van der Waals surface area contributed by atoms with Gasteiger partial charge < -0.3 is 34.9 Å². The lowest BCUT2D eigenvalue weighted by molar-refractivity contribution is 0.0513. The highest BCUT2D eigenvalue weighted by atomic mass is 35.5. The van der Waals surface area contributed by atoms with Crippen LogP contribution in [0.15, 0.2) is 54.6 Å². The minimum atomic E-state index is -0.581. The van der Waals surface area contributed by atoms with Gasteiger partial charge in [0.1, 0.15) is 22.7 Å². The van der Waals surface area contributed by atoms with Crippen molar-refractivity contribution in [1.29, 1.82) is 0 Å². The summed E-state index contributed by atoms with van der Waals surface area (Å²) in [5.74, 6) is 0.402. The zero-order valence-electron chi connectivity index (χ0n) is 26.2. The molecule has 0 aliphatic rings. The SMILES string of the molecule is CC(C)(C)OC(=O)NCCCOc1cc(Cl)ccc1NC(=O)c1cc2ccccc2cc1OCCCNC(=O)OC(C)(C)C. The second kappa shape index (κ2) is 15.5. The van der Waals surface area contributed by atoms with Gasteiger partial charge in [0.25, 0.3) is 5.91 Å². The molecule has 0 saturated heterocycles. The largest absolute Gasteiger partial charge is 0.493 e. The van der Waals surface area contributed by atoms with Gasteiger partial charge in [0.15, 0.2) is 0 Å². The van der Waals surface area contributed by atoms with E-state index < -0.39 is 29.3 Å². The molecule has 0 aliphatic carbocycles. The molecule has 3 rings (SSSR count). The number of carbonyl (C=O) groups is 3. The Kier molecular flexibility index (Phi) is 12.1. The molecule has 0 aromatic heterocycles. The Morgan fingerprint density at radius 2 is 1.23 bits per heavy atom. The van der Waals surface area contributed by atoms with Gasteiger partial charge in [-0.3, -0.25) is 4.79 Å². The molecule has 0 bridgehead atoms. The van der Waals surface area contributed by atoms with Crippen molar-refractivity contribution in [2.75, 3.05) is 31.6 Å². The minimum Gasteiger partial charge on any atom is -0.493 e. The van der Waals surface area contributed by atoms with E-state index in [2.05, 4.69) is 16.0 Å². The van der Waals surface area contributed by atoms with E-state index in [1.54, 1.807) is 65.8 Å². The average Bonchev–Trinajstić information content (AvgIpc) is 2.91. The quantitative estimate of drug-likeness (QED) is 0.180. The van der Waals surface area contributed by atoms with E-state index in [1.807, 2.05) is 30.3 Å². The summed E-state index contributed by atoms with van der Waals surface area (Å²) in [4.78, 5) is 37.3. The first-order valence-corrected chi connectivity index (χ1v) is 14.9. The zero-order valence-corrected chi connectivity index (χ0v) is 26.9. The van der Waals surface area contributed by atoms with Crippen LogP contribution in [0.4, 0.5) is 15.3 Å². The first-order valence-electron chi connectivity index (χ1n) is 14.5. The molecule has 3 aromatic rings. The van der Waals surface area contributed by atoms with Crippen LogP contribution in [-0.4, -0.2) is 55.6 Å². The normalized spacial score (nSPS) is 11.4. The highest BCUT2D eigenvalue weighted by Crippen LogP contribution is 2.31. The zero-order chi connectivity index (χ0) is 32.3. The fraction of sp³-hybridized carbons (Fsp3) is 0.424. The third-order valence-electron chi connectivity index (χ3n) is 5.78. The molecule has 11 heteroatoms. The van der Waals surface area contributed by atoms with Crippen molar-refractivity contribution in [3.8, 4) is 11.5 Å². The Bertz CT molecular complexity index is 1450. The van der Waals surface area contributed by atoms with Crippen molar-refractivity contribution in [2.45, 2.75) is 65.6 Å². The molecule has 0 heterocycles. The van der Waals surface area contributed by atoms with Crippen LogP contribution in [0.5, 0.6) is 11.5 Å². The van der Waals surface area contributed by atoms with Crippen molar-refractivity contribution in [2.24, 2.45) is 0 Å². The Hall–Kier alpha value is -4.18. The summed E-state index contributed by atoms with van der Waals surface area (Å²) in [6.45, 7) is 12.0. The van der Waals surface area contributed by atoms with Crippen molar-refractivity contribution in [3.05, 3.63) is 65.2 Å². The number of ether oxygens (including phenoxy) is 4. The Morgan fingerprint density at radius 1 is 0.705 bits per heavy atom. The predicted octanol–water partition coefficient (Wildman–Crippen LogP) is 7.33. The van der Waals surface area contributed by atoms with Crippen LogP contribution in [-0.2, 0) is 9.47 Å². The number of anilines is 1. The van der Waals surface area contributed by atoms with Crippen LogP contribution < -0.4 is 25.4 Å². The lowest BCUT2D eigenvalue weighted by atomic mass is 10.0. The summed E-state index contributed by atoms with van der Waals surface area (Å²) in [6.07, 6.45) is 0.0138. The molecule has 0 aliphatic heterocycles. The maximum absolute atomic E-state index is 13.6. The van der Waals surface area contributed by atoms with Gasteiger partial charge in [-0.1, -0.05) is 35.9 Å². The van der Waals surface area contributed by atoms with Gasteiger partial charge in [0, 0.05) is 24.2 Å². The molecule has 0 unspecified atom stereocenters. The maximum atomic E-state index is 13.6. The van der Waals surface area contributed by atoms with Gasteiger partial charge in [-0.2, -0.15) is 0 Å². The fourth-order valence-electron chi connectivity index (χ4n) is 3.94. The standard InChI is InChI=1S/C33H42ClN3O7/c1-32(2,3)43-30(39)35-15-9-17-41-27-20-23-12-8-7-11-22(23)19-25(27)29(38)37-26-14-13-24(34)21-28(26)42-18-10-16-36-31(40)44-33(4,5)6/h7-8,11-14,19-21H,9-10,15-18H2,1-6H3,(H,35,39)(H,36,40)(H,37,38). The second-order valence-corrected chi connectivity index (χ2v) is 12.5. The van der Waals surface area contributed by atoms with Crippen LogP contribution >= 0.6 is 11.6 Å². The molecule has 0 fully saturated rings. The van der Waals surface area contributed by atoms with E-state index in [-0.39, 0.29) is 13.2 Å². The number of rotatable bonds is 12. The van der Waals surface area contributed by atoms with Crippen LogP contribution in [0.2, 0.25) is 5.02 Å². The van der Waals surface area contributed by atoms with E-state index in [0.29, 0.717) is 53.7 Å².